The van der Waals surface area contributed by atoms with Crippen LogP contribution in [0.25, 0.3) is 15.9 Å². The van der Waals surface area contributed by atoms with Gasteiger partial charge in [0.1, 0.15) is 10.6 Å². The fourth-order valence-corrected chi connectivity index (χ4v) is 6.51. The number of benzene rings is 2. The molecule has 2 aromatic heterocycles. The molecule has 1 N–H and O–H groups in total. The third-order valence-corrected chi connectivity index (χ3v) is 8.41. The van der Waals surface area contributed by atoms with Gasteiger partial charge in [-0.25, -0.2) is 9.37 Å². The third kappa shape index (κ3) is 4.37. The van der Waals surface area contributed by atoms with Crippen LogP contribution >= 0.6 is 34.7 Å². The maximum atomic E-state index is 13.9. The van der Waals surface area contributed by atoms with Crippen LogP contribution in [0.4, 0.5) is 10.1 Å². The van der Waals surface area contributed by atoms with E-state index in [1.165, 1.54) is 34.8 Å². The van der Waals surface area contributed by atoms with Crippen molar-refractivity contribution in [1.82, 2.24) is 9.55 Å². The SMILES string of the molecule is Cc1c(Cl)cccc1-n1c(SCC(=O)Nc2cccc(F)c2)nc2sc3c(c2c1=O)CCCC3. The summed E-state index contributed by atoms with van der Waals surface area (Å²) in [6.45, 7) is 1.86. The number of carbonyl (C=O) groups is 1. The van der Waals surface area contributed by atoms with Crippen LogP contribution < -0.4 is 10.9 Å². The molecule has 9 heteroatoms. The molecule has 0 atom stereocenters. The van der Waals surface area contributed by atoms with Crippen molar-refractivity contribution in [2.45, 2.75) is 37.8 Å². The molecule has 0 spiro atoms. The second-order valence-corrected chi connectivity index (χ2v) is 10.6. The van der Waals surface area contributed by atoms with Crippen molar-refractivity contribution in [3.8, 4) is 5.69 Å². The predicted molar refractivity (Wildman–Crippen MR) is 137 cm³/mol. The van der Waals surface area contributed by atoms with Crippen LogP contribution in [-0.4, -0.2) is 21.2 Å². The van der Waals surface area contributed by atoms with E-state index in [0.717, 1.165) is 36.8 Å². The number of nitrogens with zero attached hydrogens (tertiary/aromatic N) is 2. The van der Waals surface area contributed by atoms with Gasteiger partial charge in [0.05, 0.1) is 16.8 Å². The van der Waals surface area contributed by atoms with Crippen LogP contribution in [0.15, 0.2) is 52.4 Å². The lowest BCUT2D eigenvalue weighted by Gasteiger charge is -2.16. The first-order chi connectivity index (χ1) is 16.4. The Morgan fingerprint density at radius 2 is 2.03 bits per heavy atom. The number of rotatable bonds is 5. The molecule has 0 saturated heterocycles. The molecule has 0 fully saturated rings. The summed E-state index contributed by atoms with van der Waals surface area (Å²) in [5.74, 6) is -0.728. The zero-order chi connectivity index (χ0) is 23.8. The molecule has 1 aliphatic carbocycles. The Balaban J connectivity index is 1.56. The second-order valence-electron chi connectivity index (χ2n) is 8.16. The van der Waals surface area contributed by atoms with E-state index in [0.29, 0.717) is 31.8 Å². The average Bonchev–Trinajstić information content (AvgIpc) is 3.19. The molecule has 5 rings (SSSR count). The Kier molecular flexibility index (Phi) is 6.46. The quantitative estimate of drug-likeness (QED) is 0.256. The number of nitrogens with one attached hydrogen (secondary N) is 1. The molecule has 0 radical (unpaired) electrons. The first-order valence-corrected chi connectivity index (χ1v) is 13.1. The Hall–Kier alpha value is -2.68. The number of aromatic nitrogens is 2. The van der Waals surface area contributed by atoms with Crippen molar-refractivity contribution in [3.63, 3.8) is 0 Å². The van der Waals surface area contributed by atoms with Gasteiger partial charge in [-0.2, -0.15) is 0 Å². The summed E-state index contributed by atoms with van der Waals surface area (Å²) in [5.41, 5.74) is 2.77. The number of amides is 1. The van der Waals surface area contributed by atoms with Gasteiger partial charge in [-0.1, -0.05) is 35.5 Å². The molecule has 2 aromatic carbocycles. The second kappa shape index (κ2) is 9.52. The molecule has 1 aliphatic rings. The zero-order valence-corrected chi connectivity index (χ0v) is 20.7. The molecule has 0 bridgehead atoms. The number of carbonyl (C=O) groups excluding carboxylic acids is 1. The number of hydrogen-bond donors (Lipinski definition) is 1. The van der Waals surface area contributed by atoms with Gasteiger partial charge in [0, 0.05) is 15.6 Å². The van der Waals surface area contributed by atoms with Gasteiger partial charge in [-0.05, 0) is 74.1 Å². The van der Waals surface area contributed by atoms with Gasteiger partial charge in [-0.3, -0.25) is 14.2 Å². The fourth-order valence-electron chi connectivity index (χ4n) is 4.23. The van der Waals surface area contributed by atoms with E-state index in [1.807, 2.05) is 13.0 Å². The number of aryl methyl sites for hydroxylation is 2. The maximum absolute atomic E-state index is 13.9. The van der Waals surface area contributed by atoms with Crippen LogP contribution in [0.3, 0.4) is 0 Å². The summed E-state index contributed by atoms with van der Waals surface area (Å²) in [4.78, 5) is 33.2. The minimum atomic E-state index is -0.426. The topological polar surface area (TPSA) is 64.0 Å². The highest BCUT2D eigenvalue weighted by Crippen LogP contribution is 2.36. The van der Waals surface area contributed by atoms with Gasteiger partial charge in [0.2, 0.25) is 5.91 Å². The van der Waals surface area contributed by atoms with Gasteiger partial charge >= 0.3 is 0 Å². The fraction of sp³-hybridized carbons (Fsp3) is 0.240. The molecule has 4 aromatic rings. The number of halogens is 2. The van der Waals surface area contributed by atoms with Crippen molar-refractivity contribution in [2.24, 2.45) is 0 Å². The lowest BCUT2D eigenvalue weighted by atomic mass is 9.97. The number of hydrogen-bond acceptors (Lipinski definition) is 5. The van der Waals surface area contributed by atoms with Crippen LogP contribution in [0.2, 0.25) is 5.02 Å². The Morgan fingerprint density at radius 1 is 1.24 bits per heavy atom. The highest BCUT2D eigenvalue weighted by atomic mass is 35.5. The van der Waals surface area contributed by atoms with E-state index in [2.05, 4.69) is 5.32 Å². The molecule has 0 aliphatic heterocycles. The summed E-state index contributed by atoms with van der Waals surface area (Å²) in [7, 11) is 0. The summed E-state index contributed by atoms with van der Waals surface area (Å²) < 4.78 is 15.0. The van der Waals surface area contributed by atoms with Crippen LogP contribution in [0, 0.1) is 12.7 Å². The molecule has 0 unspecified atom stereocenters. The molecule has 2 heterocycles. The predicted octanol–water partition coefficient (Wildman–Crippen LogP) is 6.16. The summed E-state index contributed by atoms with van der Waals surface area (Å²) in [5, 5.41) is 4.34. The van der Waals surface area contributed by atoms with Crippen molar-refractivity contribution >= 4 is 56.5 Å². The highest BCUT2D eigenvalue weighted by molar-refractivity contribution is 7.99. The van der Waals surface area contributed by atoms with Crippen molar-refractivity contribution < 1.29 is 9.18 Å². The minimum absolute atomic E-state index is 0.0131. The first kappa shape index (κ1) is 23.1. The van der Waals surface area contributed by atoms with E-state index in [1.54, 1.807) is 34.1 Å². The van der Waals surface area contributed by atoms with Gasteiger partial charge in [-0.15, -0.1) is 11.3 Å². The highest BCUT2D eigenvalue weighted by Gasteiger charge is 2.24. The summed E-state index contributed by atoms with van der Waals surface area (Å²) in [6.07, 6.45) is 4.02. The average molecular weight is 514 g/mol. The van der Waals surface area contributed by atoms with Crippen molar-refractivity contribution in [3.05, 3.63) is 79.7 Å². The first-order valence-electron chi connectivity index (χ1n) is 10.9. The number of anilines is 1. The Morgan fingerprint density at radius 3 is 2.85 bits per heavy atom. The number of thiophene rings is 1. The van der Waals surface area contributed by atoms with E-state index in [9.17, 15) is 14.0 Å². The maximum Gasteiger partial charge on any atom is 0.267 e. The number of fused-ring (bicyclic) bond motifs is 3. The lowest BCUT2D eigenvalue weighted by Crippen LogP contribution is -2.24. The Bertz CT molecular complexity index is 1480. The normalized spacial score (nSPS) is 13.1. The van der Waals surface area contributed by atoms with Gasteiger partial charge in [0.15, 0.2) is 5.16 Å². The van der Waals surface area contributed by atoms with E-state index in [-0.39, 0.29) is 17.2 Å². The standard InChI is InChI=1S/C25H21ClFN3O2S2/c1-14-18(26)9-5-10-19(14)30-24(32)22-17-8-2-3-11-20(17)34-23(22)29-25(30)33-13-21(31)28-16-7-4-6-15(27)12-16/h4-7,9-10,12H,2-3,8,11,13H2,1H3,(H,28,31). The largest absolute Gasteiger partial charge is 0.325 e. The van der Waals surface area contributed by atoms with E-state index in [4.69, 9.17) is 16.6 Å². The minimum Gasteiger partial charge on any atom is -0.325 e. The van der Waals surface area contributed by atoms with E-state index >= 15 is 0 Å². The molecule has 174 valence electrons. The molecule has 34 heavy (non-hydrogen) atoms. The third-order valence-electron chi connectivity index (χ3n) is 5.88. The molecular formula is C25H21ClFN3O2S2. The molecular weight excluding hydrogens is 493 g/mol. The Labute approximate surface area is 209 Å². The summed E-state index contributed by atoms with van der Waals surface area (Å²) >= 11 is 9.12. The smallest absolute Gasteiger partial charge is 0.267 e. The van der Waals surface area contributed by atoms with Crippen LogP contribution in [-0.2, 0) is 17.6 Å². The number of thioether (sulfide) groups is 1. The lowest BCUT2D eigenvalue weighted by molar-refractivity contribution is -0.113. The summed E-state index contributed by atoms with van der Waals surface area (Å²) in [6, 6.07) is 11.2. The van der Waals surface area contributed by atoms with Gasteiger partial charge < -0.3 is 5.32 Å². The molecule has 1 amide bonds. The monoisotopic (exact) mass is 513 g/mol. The zero-order valence-electron chi connectivity index (χ0n) is 18.4. The molecule has 0 saturated carbocycles. The van der Waals surface area contributed by atoms with E-state index < -0.39 is 5.82 Å². The van der Waals surface area contributed by atoms with Crippen molar-refractivity contribution in [2.75, 3.05) is 11.1 Å². The van der Waals surface area contributed by atoms with Crippen LogP contribution in [0.5, 0.6) is 0 Å². The van der Waals surface area contributed by atoms with Crippen molar-refractivity contribution in [1.29, 1.82) is 0 Å². The van der Waals surface area contributed by atoms with Gasteiger partial charge in [0.25, 0.3) is 5.56 Å². The molecule has 5 nitrogen and oxygen atoms in total. The van der Waals surface area contributed by atoms with Crippen LogP contribution in [0.1, 0.15) is 28.8 Å².